The van der Waals surface area contributed by atoms with Crippen molar-refractivity contribution in [3.05, 3.63) is 47.0 Å². The SMILES string of the molecule is C=CCn1nnnc1SCC(=O)N1CCN(c2ccc([N+](=O)[O-])cc2)CC1. The van der Waals surface area contributed by atoms with Gasteiger partial charge in [0.1, 0.15) is 0 Å². The van der Waals surface area contributed by atoms with E-state index in [0.29, 0.717) is 37.9 Å². The maximum absolute atomic E-state index is 12.4. The van der Waals surface area contributed by atoms with E-state index in [2.05, 4.69) is 27.0 Å². The lowest BCUT2D eigenvalue weighted by atomic mass is 10.2. The summed E-state index contributed by atoms with van der Waals surface area (Å²) in [5.41, 5.74) is 0.994. The molecule has 0 N–H and O–H groups in total. The topological polar surface area (TPSA) is 110 Å². The van der Waals surface area contributed by atoms with Gasteiger partial charge in [0.2, 0.25) is 11.1 Å². The third-order valence-electron chi connectivity index (χ3n) is 4.18. The summed E-state index contributed by atoms with van der Waals surface area (Å²) in [5.74, 6) is 0.311. The van der Waals surface area contributed by atoms with E-state index in [1.165, 1.54) is 23.9 Å². The molecule has 1 aliphatic rings. The van der Waals surface area contributed by atoms with E-state index in [0.717, 1.165) is 5.69 Å². The molecule has 2 heterocycles. The van der Waals surface area contributed by atoms with Crippen LogP contribution in [0.2, 0.25) is 0 Å². The van der Waals surface area contributed by atoms with Crippen LogP contribution in [0, 0.1) is 10.1 Å². The Morgan fingerprint density at radius 3 is 2.59 bits per heavy atom. The van der Waals surface area contributed by atoms with Gasteiger partial charge in [0, 0.05) is 44.0 Å². The van der Waals surface area contributed by atoms with Gasteiger partial charge >= 0.3 is 0 Å². The zero-order chi connectivity index (χ0) is 19.2. The molecule has 0 bridgehead atoms. The number of anilines is 1. The number of non-ortho nitro benzene ring substituents is 1. The van der Waals surface area contributed by atoms with Crippen LogP contribution in [0.4, 0.5) is 11.4 Å². The van der Waals surface area contributed by atoms with Gasteiger partial charge in [-0.15, -0.1) is 11.7 Å². The number of thioether (sulfide) groups is 1. The summed E-state index contributed by atoms with van der Waals surface area (Å²) >= 11 is 1.31. The van der Waals surface area contributed by atoms with Crippen molar-refractivity contribution in [1.82, 2.24) is 25.1 Å². The average Bonchev–Trinajstić information content (AvgIpc) is 3.14. The molecule has 2 aromatic rings. The Hall–Kier alpha value is -2.95. The molecule has 0 aliphatic carbocycles. The van der Waals surface area contributed by atoms with E-state index in [4.69, 9.17) is 0 Å². The number of allylic oxidation sites excluding steroid dienone is 1. The standard InChI is InChI=1S/C16H19N7O3S/c1-2-7-22-16(17-18-19-22)27-12-15(24)21-10-8-20(9-11-21)13-3-5-14(6-4-13)23(25)26/h2-6H,1,7-12H2. The number of tetrazole rings is 1. The van der Waals surface area contributed by atoms with Crippen molar-refractivity contribution in [3.63, 3.8) is 0 Å². The number of amides is 1. The highest BCUT2D eigenvalue weighted by atomic mass is 32.2. The fraction of sp³-hybridized carbons (Fsp3) is 0.375. The molecule has 0 radical (unpaired) electrons. The number of nitro groups is 1. The number of hydrogen-bond acceptors (Lipinski definition) is 8. The summed E-state index contributed by atoms with van der Waals surface area (Å²) in [7, 11) is 0. The van der Waals surface area contributed by atoms with Crippen molar-refractivity contribution in [2.75, 3.05) is 36.8 Å². The van der Waals surface area contributed by atoms with E-state index in [-0.39, 0.29) is 17.3 Å². The van der Waals surface area contributed by atoms with Gasteiger partial charge < -0.3 is 9.80 Å². The van der Waals surface area contributed by atoms with E-state index < -0.39 is 4.92 Å². The van der Waals surface area contributed by atoms with E-state index in [9.17, 15) is 14.9 Å². The number of piperazine rings is 1. The molecular formula is C16H19N7O3S. The third kappa shape index (κ3) is 4.61. The normalized spacial score (nSPS) is 14.2. The van der Waals surface area contributed by atoms with Crippen molar-refractivity contribution >= 4 is 29.0 Å². The molecule has 1 aromatic heterocycles. The highest BCUT2D eigenvalue weighted by Crippen LogP contribution is 2.21. The van der Waals surface area contributed by atoms with Crippen molar-refractivity contribution in [1.29, 1.82) is 0 Å². The Balaban J connectivity index is 1.49. The van der Waals surface area contributed by atoms with Gasteiger partial charge in [0.05, 0.1) is 17.2 Å². The largest absolute Gasteiger partial charge is 0.368 e. The van der Waals surface area contributed by atoms with Crippen LogP contribution in [0.3, 0.4) is 0 Å². The number of carbonyl (C=O) groups excluding carboxylic acids is 1. The summed E-state index contributed by atoms with van der Waals surface area (Å²) in [4.78, 5) is 26.7. The van der Waals surface area contributed by atoms with Crippen molar-refractivity contribution in [3.8, 4) is 0 Å². The second kappa shape index (κ2) is 8.62. The summed E-state index contributed by atoms with van der Waals surface area (Å²) in [5, 5.41) is 22.7. The van der Waals surface area contributed by atoms with Crippen molar-refractivity contribution < 1.29 is 9.72 Å². The molecule has 1 fully saturated rings. The molecule has 1 aliphatic heterocycles. The summed E-state index contributed by atoms with van der Waals surface area (Å²) in [6.45, 7) is 6.73. The predicted molar refractivity (Wildman–Crippen MR) is 101 cm³/mol. The lowest BCUT2D eigenvalue weighted by molar-refractivity contribution is -0.384. The van der Waals surface area contributed by atoms with Gasteiger partial charge in [-0.3, -0.25) is 14.9 Å². The zero-order valence-electron chi connectivity index (χ0n) is 14.6. The smallest absolute Gasteiger partial charge is 0.269 e. The summed E-state index contributed by atoms with van der Waals surface area (Å²) in [6.07, 6.45) is 1.69. The number of nitro benzene ring substituents is 1. The van der Waals surface area contributed by atoms with E-state index in [1.54, 1.807) is 22.9 Å². The molecule has 142 valence electrons. The van der Waals surface area contributed by atoms with Crippen LogP contribution in [0.5, 0.6) is 0 Å². The average molecular weight is 389 g/mol. The Bertz CT molecular complexity index is 816. The number of aromatic nitrogens is 4. The molecule has 1 saturated heterocycles. The first-order valence-corrected chi connectivity index (χ1v) is 9.34. The molecule has 3 rings (SSSR count). The van der Waals surface area contributed by atoms with E-state index >= 15 is 0 Å². The van der Waals surface area contributed by atoms with Gasteiger partial charge in [0.25, 0.3) is 5.69 Å². The van der Waals surface area contributed by atoms with Gasteiger partial charge in [0.15, 0.2) is 0 Å². The first-order valence-electron chi connectivity index (χ1n) is 8.35. The second-order valence-corrected chi connectivity index (χ2v) is 6.80. The molecule has 0 saturated carbocycles. The summed E-state index contributed by atoms with van der Waals surface area (Å²) < 4.78 is 1.59. The Morgan fingerprint density at radius 1 is 1.26 bits per heavy atom. The molecule has 0 atom stereocenters. The molecular weight excluding hydrogens is 370 g/mol. The predicted octanol–water partition coefficient (Wildman–Crippen LogP) is 1.21. The number of rotatable bonds is 7. The first-order chi connectivity index (χ1) is 13.1. The minimum atomic E-state index is -0.413. The Labute approximate surface area is 160 Å². The molecule has 11 heteroatoms. The van der Waals surface area contributed by atoms with Crippen LogP contribution in [0.25, 0.3) is 0 Å². The Kier molecular flexibility index (Phi) is 6.01. The van der Waals surface area contributed by atoms with Gasteiger partial charge in [-0.05, 0) is 22.6 Å². The zero-order valence-corrected chi connectivity index (χ0v) is 15.4. The fourth-order valence-electron chi connectivity index (χ4n) is 2.75. The minimum Gasteiger partial charge on any atom is -0.368 e. The quantitative estimate of drug-likeness (QED) is 0.301. The second-order valence-electron chi connectivity index (χ2n) is 5.86. The maximum Gasteiger partial charge on any atom is 0.269 e. The van der Waals surface area contributed by atoms with Crippen LogP contribution in [-0.4, -0.2) is 67.9 Å². The lowest BCUT2D eigenvalue weighted by Gasteiger charge is -2.36. The number of carbonyl (C=O) groups is 1. The van der Waals surface area contributed by atoms with Crippen molar-refractivity contribution in [2.24, 2.45) is 0 Å². The minimum absolute atomic E-state index is 0.0384. The summed E-state index contributed by atoms with van der Waals surface area (Å²) in [6, 6.07) is 6.48. The highest BCUT2D eigenvalue weighted by Gasteiger charge is 2.22. The highest BCUT2D eigenvalue weighted by molar-refractivity contribution is 7.99. The first kappa shape index (κ1) is 18.8. The van der Waals surface area contributed by atoms with Crippen LogP contribution >= 0.6 is 11.8 Å². The van der Waals surface area contributed by atoms with Gasteiger partial charge in [-0.2, -0.15) is 0 Å². The van der Waals surface area contributed by atoms with E-state index in [1.807, 2.05) is 4.90 Å². The molecule has 10 nitrogen and oxygen atoms in total. The molecule has 0 unspecified atom stereocenters. The monoisotopic (exact) mass is 389 g/mol. The number of nitrogens with zero attached hydrogens (tertiary/aromatic N) is 7. The molecule has 1 aromatic carbocycles. The van der Waals surface area contributed by atoms with Crippen LogP contribution in [-0.2, 0) is 11.3 Å². The van der Waals surface area contributed by atoms with Crippen LogP contribution < -0.4 is 4.90 Å². The molecule has 1 amide bonds. The number of hydrogen-bond donors (Lipinski definition) is 0. The maximum atomic E-state index is 12.4. The van der Waals surface area contributed by atoms with Gasteiger partial charge in [-0.1, -0.05) is 17.8 Å². The fourth-order valence-corrected chi connectivity index (χ4v) is 3.54. The van der Waals surface area contributed by atoms with Gasteiger partial charge in [-0.25, -0.2) is 4.68 Å². The van der Waals surface area contributed by atoms with Crippen molar-refractivity contribution in [2.45, 2.75) is 11.7 Å². The van der Waals surface area contributed by atoms with Crippen LogP contribution in [0.1, 0.15) is 0 Å². The molecule has 0 spiro atoms. The lowest BCUT2D eigenvalue weighted by Crippen LogP contribution is -2.49. The molecule has 27 heavy (non-hydrogen) atoms. The Morgan fingerprint density at radius 2 is 1.96 bits per heavy atom. The van der Waals surface area contributed by atoms with Crippen LogP contribution in [0.15, 0.2) is 42.1 Å². The number of benzene rings is 1. The third-order valence-corrected chi connectivity index (χ3v) is 5.13.